The number of benzene rings is 1. The third-order valence-electron chi connectivity index (χ3n) is 2.88. The Balaban J connectivity index is 2.64. The van der Waals surface area contributed by atoms with E-state index in [1.807, 2.05) is 32.0 Å². The largest absolute Gasteiger partial charge is 0.477 e. The predicted molar refractivity (Wildman–Crippen MR) is 75.2 cm³/mol. The summed E-state index contributed by atoms with van der Waals surface area (Å²) in [4.78, 5) is 12.3. The molecule has 0 aliphatic carbocycles. The summed E-state index contributed by atoms with van der Waals surface area (Å²) in [5.41, 5.74) is 9.45. The minimum atomic E-state index is -0.953. The number of hydrogen-bond donors (Lipinski definition) is 2. The molecule has 0 aliphatic rings. The third-order valence-corrected chi connectivity index (χ3v) is 4.16. The van der Waals surface area contributed by atoms with Gasteiger partial charge in [-0.3, -0.25) is 0 Å². The second-order valence-electron chi connectivity index (χ2n) is 4.18. The molecule has 0 atom stereocenters. The number of aromatic carboxylic acids is 1. The van der Waals surface area contributed by atoms with Crippen LogP contribution in [0.4, 0.5) is 5.69 Å². The van der Waals surface area contributed by atoms with Gasteiger partial charge in [0.1, 0.15) is 4.88 Å². The molecule has 1 aromatic carbocycles. The van der Waals surface area contributed by atoms with Crippen LogP contribution in [0.5, 0.6) is 0 Å². The molecule has 4 heteroatoms. The van der Waals surface area contributed by atoms with E-state index in [4.69, 9.17) is 10.8 Å². The Bertz CT molecular complexity index is 602. The zero-order chi connectivity index (χ0) is 13.3. The first-order valence-electron chi connectivity index (χ1n) is 5.76. The lowest BCUT2D eigenvalue weighted by Crippen LogP contribution is -1.99. The average molecular weight is 261 g/mol. The maximum atomic E-state index is 11.1. The van der Waals surface area contributed by atoms with Crippen molar-refractivity contribution in [1.82, 2.24) is 0 Å². The fourth-order valence-electron chi connectivity index (χ4n) is 2.01. The van der Waals surface area contributed by atoms with Gasteiger partial charge in [0, 0.05) is 4.88 Å². The number of thiophene rings is 1. The lowest BCUT2D eigenvalue weighted by molar-refractivity contribution is 0.0703. The van der Waals surface area contributed by atoms with Crippen molar-refractivity contribution < 1.29 is 9.90 Å². The molecule has 0 saturated carbocycles. The Kier molecular flexibility index (Phi) is 3.39. The number of nitrogens with two attached hydrogens (primary N) is 1. The third kappa shape index (κ3) is 2.11. The summed E-state index contributed by atoms with van der Waals surface area (Å²) in [6.07, 6.45) is 0.735. The van der Waals surface area contributed by atoms with Crippen molar-refractivity contribution in [2.75, 3.05) is 5.73 Å². The van der Waals surface area contributed by atoms with E-state index in [1.54, 1.807) is 0 Å². The van der Waals surface area contributed by atoms with E-state index in [0.29, 0.717) is 5.69 Å². The van der Waals surface area contributed by atoms with Gasteiger partial charge in [0.15, 0.2) is 0 Å². The molecule has 94 valence electrons. The molecule has 0 bridgehead atoms. The van der Waals surface area contributed by atoms with E-state index in [9.17, 15) is 4.79 Å². The first kappa shape index (κ1) is 12.6. The van der Waals surface area contributed by atoms with E-state index in [-0.39, 0.29) is 4.88 Å². The number of hydrogen-bond acceptors (Lipinski definition) is 3. The lowest BCUT2D eigenvalue weighted by atomic mass is 10.0. The van der Waals surface area contributed by atoms with Crippen LogP contribution in [0.15, 0.2) is 24.3 Å². The van der Waals surface area contributed by atoms with Crippen LogP contribution in [-0.2, 0) is 6.42 Å². The topological polar surface area (TPSA) is 63.3 Å². The van der Waals surface area contributed by atoms with Crippen molar-refractivity contribution in [2.45, 2.75) is 20.3 Å². The number of aryl methyl sites for hydroxylation is 1. The van der Waals surface area contributed by atoms with Gasteiger partial charge in [-0.05, 0) is 24.5 Å². The molecule has 1 heterocycles. The number of nitrogen functional groups attached to an aromatic ring is 1. The zero-order valence-electron chi connectivity index (χ0n) is 10.4. The van der Waals surface area contributed by atoms with E-state index in [1.165, 1.54) is 11.3 Å². The predicted octanol–water partition coefficient (Wildman–Crippen LogP) is 3.57. The molecule has 0 spiro atoms. The maximum Gasteiger partial charge on any atom is 0.348 e. The van der Waals surface area contributed by atoms with E-state index < -0.39 is 5.97 Å². The van der Waals surface area contributed by atoms with Crippen molar-refractivity contribution in [3.05, 3.63) is 40.3 Å². The lowest BCUT2D eigenvalue weighted by Gasteiger charge is -2.03. The van der Waals surface area contributed by atoms with Crippen LogP contribution in [-0.4, -0.2) is 11.1 Å². The van der Waals surface area contributed by atoms with Gasteiger partial charge in [-0.2, -0.15) is 0 Å². The molecule has 0 unspecified atom stereocenters. The SMILES string of the molecule is CCc1c(-c2cccc(C)c2)sc(C(=O)O)c1N. The Labute approximate surface area is 110 Å². The van der Waals surface area contributed by atoms with Gasteiger partial charge in [-0.25, -0.2) is 4.79 Å². The van der Waals surface area contributed by atoms with Crippen molar-refractivity contribution in [3.8, 4) is 10.4 Å². The molecular formula is C14H15NO2S. The van der Waals surface area contributed by atoms with Gasteiger partial charge >= 0.3 is 5.97 Å². The highest BCUT2D eigenvalue weighted by atomic mass is 32.1. The number of carboxylic acid groups (broad SMARTS) is 1. The van der Waals surface area contributed by atoms with E-state index in [2.05, 4.69) is 6.07 Å². The van der Waals surface area contributed by atoms with Crippen LogP contribution >= 0.6 is 11.3 Å². The summed E-state index contributed by atoms with van der Waals surface area (Å²) in [5, 5.41) is 9.13. The minimum absolute atomic E-state index is 0.239. The first-order chi connectivity index (χ1) is 8.54. The molecule has 3 nitrogen and oxygen atoms in total. The molecule has 0 saturated heterocycles. The van der Waals surface area contributed by atoms with Crippen LogP contribution < -0.4 is 5.73 Å². The first-order valence-corrected chi connectivity index (χ1v) is 6.57. The molecule has 0 radical (unpaired) electrons. The van der Waals surface area contributed by atoms with Crippen molar-refractivity contribution in [3.63, 3.8) is 0 Å². The fraction of sp³-hybridized carbons (Fsp3) is 0.214. The maximum absolute atomic E-state index is 11.1. The van der Waals surface area contributed by atoms with Gasteiger partial charge in [0.2, 0.25) is 0 Å². The van der Waals surface area contributed by atoms with Crippen LogP contribution in [0.1, 0.15) is 27.7 Å². The van der Waals surface area contributed by atoms with Crippen LogP contribution in [0.3, 0.4) is 0 Å². The number of carbonyl (C=O) groups is 1. The van der Waals surface area contributed by atoms with Crippen molar-refractivity contribution >= 4 is 23.0 Å². The molecule has 0 aliphatic heterocycles. The molecule has 2 aromatic rings. The molecule has 0 amide bonds. The molecule has 0 fully saturated rings. The molecule has 2 rings (SSSR count). The van der Waals surface area contributed by atoms with Gasteiger partial charge < -0.3 is 10.8 Å². The number of rotatable bonds is 3. The molecule has 1 aromatic heterocycles. The van der Waals surface area contributed by atoms with E-state index in [0.717, 1.165) is 28.0 Å². The van der Waals surface area contributed by atoms with Crippen LogP contribution in [0.25, 0.3) is 10.4 Å². The standard InChI is InChI=1S/C14H15NO2S/c1-3-10-11(15)13(14(16)17)18-12(10)9-6-4-5-8(2)7-9/h4-7H,3,15H2,1-2H3,(H,16,17). The Morgan fingerprint density at radius 1 is 1.44 bits per heavy atom. The second-order valence-corrected chi connectivity index (χ2v) is 5.20. The summed E-state index contributed by atoms with van der Waals surface area (Å²) in [6, 6.07) is 8.03. The summed E-state index contributed by atoms with van der Waals surface area (Å²) in [6.45, 7) is 4.01. The summed E-state index contributed by atoms with van der Waals surface area (Å²) >= 11 is 1.26. The highest BCUT2D eigenvalue weighted by Gasteiger charge is 2.20. The average Bonchev–Trinajstić information content (AvgIpc) is 2.66. The second kappa shape index (κ2) is 4.82. The van der Waals surface area contributed by atoms with Gasteiger partial charge in [0.25, 0.3) is 0 Å². The minimum Gasteiger partial charge on any atom is -0.477 e. The summed E-state index contributed by atoms with van der Waals surface area (Å²) < 4.78 is 0. The zero-order valence-corrected chi connectivity index (χ0v) is 11.2. The monoisotopic (exact) mass is 261 g/mol. The molecule has 18 heavy (non-hydrogen) atoms. The Morgan fingerprint density at radius 3 is 2.72 bits per heavy atom. The molecular weight excluding hydrogens is 246 g/mol. The normalized spacial score (nSPS) is 10.6. The Hall–Kier alpha value is -1.81. The van der Waals surface area contributed by atoms with Crippen LogP contribution in [0.2, 0.25) is 0 Å². The highest BCUT2D eigenvalue weighted by molar-refractivity contribution is 7.18. The van der Waals surface area contributed by atoms with Crippen molar-refractivity contribution in [2.24, 2.45) is 0 Å². The smallest absolute Gasteiger partial charge is 0.348 e. The molecule has 3 N–H and O–H groups in total. The van der Waals surface area contributed by atoms with Gasteiger partial charge in [0.05, 0.1) is 5.69 Å². The Morgan fingerprint density at radius 2 is 2.17 bits per heavy atom. The quantitative estimate of drug-likeness (QED) is 0.887. The summed E-state index contributed by atoms with van der Waals surface area (Å²) in [7, 11) is 0. The van der Waals surface area contributed by atoms with Crippen LogP contribution in [0, 0.1) is 6.92 Å². The van der Waals surface area contributed by atoms with Gasteiger partial charge in [-0.15, -0.1) is 11.3 Å². The fourth-order valence-corrected chi connectivity index (χ4v) is 3.15. The highest BCUT2D eigenvalue weighted by Crippen LogP contribution is 2.39. The van der Waals surface area contributed by atoms with Crippen molar-refractivity contribution in [1.29, 1.82) is 0 Å². The van der Waals surface area contributed by atoms with E-state index >= 15 is 0 Å². The summed E-state index contributed by atoms with van der Waals surface area (Å²) in [5.74, 6) is -0.953. The number of carboxylic acids is 1. The number of anilines is 1. The van der Waals surface area contributed by atoms with Gasteiger partial charge in [-0.1, -0.05) is 36.8 Å².